The van der Waals surface area contributed by atoms with E-state index in [0.717, 1.165) is 29.9 Å². The number of pyridine rings is 1. The minimum atomic E-state index is -3.65. The van der Waals surface area contributed by atoms with Gasteiger partial charge in [0.2, 0.25) is 0 Å². The first-order chi connectivity index (χ1) is 15.8. The number of thiazole rings is 1. The van der Waals surface area contributed by atoms with Crippen molar-refractivity contribution in [1.82, 2.24) is 14.9 Å². The quantitative estimate of drug-likeness (QED) is 0.535. The number of aryl methyl sites for hydroxylation is 1. The number of piperidine rings is 1. The molecular weight excluding hydrogens is 459 g/mol. The number of hydrogen-bond donors (Lipinski definition) is 0. The molecule has 0 saturated carbocycles. The highest BCUT2D eigenvalue weighted by molar-refractivity contribution is 7.96. The van der Waals surface area contributed by atoms with Crippen molar-refractivity contribution in [2.45, 2.75) is 44.8 Å². The Morgan fingerprint density at radius 2 is 2.12 bits per heavy atom. The second kappa shape index (κ2) is 8.30. The zero-order valence-corrected chi connectivity index (χ0v) is 20.1. The van der Waals surface area contributed by atoms with E-state index in [1.54, 1.807) is 29.5 Å². The lowest BCUT2D eigenvalue weighted by atomic mass is 9.83. The van der Waals surface area contributed by atoms with Gasteiger partial charge in [0.1, 0.15) is 5.82 Å². The van der Waals surface area contributed by atoms with Gasteiger partial charge in [0, 0.05) is 47.4 Å². The molecule has 3 aromatic rings. The van der Waals surface area contributed by atoms with E-state index in [4.69, 9.17) is 0 Å². The molecule has 1 saturated heterocycles. The number of hydrogen-bond acceptors (Lipinski definition) is 6. The Balaban J connectivity index is 1.39. The van der Waals surface area contributed by atoms with Crippen molar-refractivity contribution in [1.29, 1.82) is 0 Å². The number of sulfonamides is 1. The summed E-state index contributed by atoms with van der Waals surface area (Å²) in [5.74, 6) is -0.446. The average molecular weight is 485 g/mol. The third-order valence-electron chi connectivity index (χ3n) is 6.49. The molecule has 0 amide bonds. The maximum Gasteiger partial charge on any atom is 0.258 e. The highest BCUT2D eigenvalue weighted by Gasteiger charge is 2.49. The van der Waals surface area contributed by atoms with Crippen molar-refractivity contribution >= 4 is 27.0 Å². The smallest absolute Gasteiger partial charge is 0.258 e. The van der Waals surface area contributed by atoms with Crippen LogP contribution in [0.5, 0.6) is 0 Å². The fraction of sp³-hybridized carbons (Fsp3) is 0.333. The monoisotopic (exact) mass is 484 g/mol. The second-order valence-corrected chi connectivity index (χ2v) is 11.5. The van der Waals surface area contributed by atoms with E-state index >= 15 is 0 Å². The van der Waals surface area contributed by atoms with Crippen LogP contribution in [0.15, 0.2) is 59.7 Å². The summed E-state index contributed by atoms with van der Waals surface area (Å²) in [7, 11) is -3.65. The van der Waals surface area contributed by atoms with Gasteiger partial charge in [0.15, 0.2) is 0 Å². The minimum Gasteiger partial charge on any atom is -0.295 e. The molecule has 0 bridgehead atoms. The van der Waals surface area contributed by atoms with Crippen LogP contribution in [0.1, 0.15) is 30.2 Å². The van der Waals surface area contributed by atoms with Crippen LogP contribution in [0, 0.1) is 12.7 Å². The van der Waals surface area contributed by atoms with E-state index in [1.807, 2.05) is 24.8 Å². The van der Waals surface area contributed by atoms with E-state index in [1.165, 1.54) is 26.7 Å². The third kappa shape index (κ3) is 4.09. The summed E-state index contributed by atoms with van der Waals surface area (Å²) in [5.41, 5.74) is 4.60. The van der Waals surface area contributed by atoms with Crippen LogP contribution in [0.4, 0.5) is 10.1 Å². The van der Waals surface area contributed by atoms with Gasteiger partial charge >= 0.3 is 0 Å². The van der Waals surface area contributed by atoms with E-state index in [2.05, 4.69) is 27.9 Å². The van der Waals surface area contributed by atoms with Gasteiger partial charge in [-0.2, -0.15) is 0 Å². The van der Waals surface area contributed by atoms with Crippen LogP contribution in [0.25, 0.3) is 11.3 Å². The molecule has 1 spiro atoms. The van der Waals surface area contributed by atoms with Gasteiger partial charge in [-0.15, -0.1) is 11.3 Å². The lowest BCUT2D eigenvalue weighted by Gasteiger charge is -2.47. The molecular formula is C24H25FN4O2S2. The van der Waals surface area contributed by atoms with E-state index in [9.17, 15) is 12.8 Å². The van der Waals surface area contributed by atoms with Gasteiger partial charge in [-0.05, 0) is 62.6 Å². The van der Waals surface area contributed by atoms with Gasteiger partial charge in [0.25, 0.3) is 10.0 Å². The summed E-state index contributed by atoms with van der Waals surface area (Å²) in [5, 5.41) is 1.27. The van der Waals surface area contributed by atoms with Gasteiger partial charge in [-0.1, -0.05) is 6.07 Å². The van der Waals surface area contributed by atoms with Gasteiger partial charge in [-0.25, -0.2) is 17.8 Å². The average Bonchev–Trinajstić information content (AvgIpc) is 3.32. The van der Waals surface area contributed by atoms with Crippen molar-refractivity contribution in [2.75, 3.05) is 10.8 Å². The van der Waals surface area contributed by atoms with Gasteiger partial charge in [0.05, 0.1) is 22.4 Å². The molecule has 5 rings (SSSR count). The Bertz CT molecular complexity index is 1320. The van der Waals surface area contributed by atoms with Crippen molar-refractivity contribution in [2.24, 2.45) is 0 Å². The summed E-state index contributed by atoms with van der Waals surface area (Å²) in [4.78, 5) is 12.4. The Labute approximate surface area is 197 Å². The summed E-state index contributed by atoms with van der Waals surface area (Å²) < 4.78 is 41.2. The Morgan fingerprint density at radius 3 is 2.88 bits per heavy atom. The molecule has 0 unspecified atom stereocenters. The van der Waals surface area contributed by atoms with Crippen LogP contribution >= 0.6 is 11.3 Å². The SMILES string of the molecule is Cc1cncc(-c2ncsc2CN2CC[C@]3(C=CS(=O)(=O)N3c3cccc(F)c3)C[C@@H]2C)c1. The summed E-state index contributed by atoms with van der Waals surface area (Å²) >= 11 is 1.63. The maximum absolute atomic E-state index is 13.9. The molecule has 4 heterocycles. The molecule has 1 aromatic carbocycles. The highest BCUT2D eigenvalue weighted by atomic mass is 32.2. The van der Waals surface area contributed by atoms with Gasteiger partial charge in [-0.3, -0.25) is 14.2 Å². The predicted molar refractivity (Wildman–Crippen MR) is 129 cm³/mol. The summed E-state index contributed by atoms with van der Waals surface area (Å²) in [6.45, 7) is 5.60. The Morgan fingerprint density at radius 1 is 1.27 bits per heavy atom. The predicted octanol–water partition coefficient (Wildman–Crippen LogP) is 4.74. The number of halogens is 1. The molecule has 1 fully saturated rings. The zero-order chi connectivity index (χ0) is 23.2. The van der Waals surface area contributed by atoms with Crippen LogP contribution in [0.2, 0.25) is 0 Å². The van der Waals surface area contributed by atoms with Crippen molar-refractivity contribution in [3.63, 3.8) is 0 Å². The van der Waals surface area contributed by atoms with E-state index in [0.29, 0.717) is 18.5 Å². The third-order valence-corrected chi connectivity index (χ3v) is 8.87. The molecule has 2 atom stereocenters. The molecule has 2 aromatic heterocycles. The van der Waals surface area contributed by atoms with Crippen molar-refractivity contribution < 1.29 is 12.8 Å². The molecule has 2 aliphatic heterocycles. The van der Waals surface area contributed by atoms with Crippen molar-refractivity contribution in [3.05, 3.63) is 76.0 Å². The fourth-order valence-electron chi connectivity index (χ4n) is 4.96. The zero-order valence-electron chi connectivity index (χ0n) is 18.5. The first-order valence-corrected chi connectivity index (χ1v) is 13.2. The van der Waals surface area contributed by atoms with Crippen LogP contribution in [0.3, 0.4) is 0 Å². The molecule has 0 N–H and O–H groups in total. The van der Waals surface area contributed by atoms with Crippen LogP contribution in [-0.2, 0) is 16.6 Å². The first-order valence-electron chi connectivity index (χ1n) is 10.9. The van der Waals surface area contributed by atoms with E-state index in [-0.39, 0.29) is 6.04 Å². The standard InChI is InChI=1S/C24H25FN4O2S2/c1-17-10-19(14-26-13-17)23-22(32-16-27-23)15-28-8-6-24(12-18(28)2)7-9-33(30,31)29(24)21-5-3-4-20(25)11-21/h3-5,7,9-11,13-14,16,18H,6,8,12,15H2,1-2H3/t18-,24-/m0/s1. The highest BCUT2D eigenvalue weighted by Crippen LogP contribution is 2.44. The molecule has 9 heteroatoms. The topological polar surface area (TPSA) is 66.4 Å². The van der Waals surface area contributed by atoms with E-state index < -0.39 is 21.4 Å². The lowest BCUT2D eigenvalue weighted by Crippen LogP contribution is -2.56. The summed E-state index contributed by atoms with van der Waals surface area (Å²) in [6.07, 6.45) is 6.71. The summed E-state index contributed by atoms with van der Waals surface area (Å²) in [6, 6.07) is 8.04. The molecule has 0 radical (unpaired) electrons. The molecule has 172 valence electrons. The lowest BCUT2D eigenvalue weighted by molar-refractivity contribution is 0.121. The number of rotatable bonds is 4. The number of likely N-dealkylation sites (tertiary alicyclic amines) is 1. The molecule has 2 aliphatic rings. The Kier molecular flexibility index (Phi) is 5.58. The molecule has 0 aliphatic carbocycles. The van der Waals surface area contributed by atoms with Crippen LogP contribution < -0.4 is 4.31 Å². The fourth-order valence-corrected chi connectivity index (χ4v) is 7.46. The second-order valence-electron chi connectivity index (χ2n) is 8.84. The van der Waals surface area contributed by atoms with Gasteiger partial charge < -0.3 is 0 Å². The Hall–Kier alpha value is -2.62. The number of aromatic nitrogens is 2. The first kappa shape index (κ1) is 22.2. The minimum absolute atomic E-state index is 0.123. The number of nitrogens with zero attached hydrogens (tertiary/aromatic N) is 4. The maximum atomic E-state index is 13.9. The normalized spacial score (nSPS) is 24.6. The van der Waals surface area contributed by atoms with Crippen molar-refractivity contribution in [3.8, 4) is 11.3 Å². The largest absolute Gasteiger partial charge is 0.295 e. The number of anilines is 1. The van der Waals surface area contributed by atoms with Crippen LogP contribution in [-0.4, -0.2) is 41.4 Å². The molecule has 6 nitrogen and oxygen atoms in total. The number of benzene rings is 1. The molecule has 33 heavy (non-hydrogen) atoms.